The maximum Gasteiger partial charge on any atom is 0.279 e. The number of thiophene rings is 1. The molecule has 1 fully saturated rings. The number of hydrogen-bond donors (Lipinski definition) is 2. The van der Waals surface area contributed by atoms with Crippen LogP contribution in [0.2, 0.25) is 0 Å². The van der Waals surface area contributed by atoms with Crippen molar-refractivity contribution in [2.75, 3.05) is 25.5 Å². The number of ether oxygens (including phenoxy) is 1. The summed E-state index contributed by atoms with van der Waals surface area (Å²) in [5.41, 5.74) is 1.82. The third-order valence-corrected chi connectivity index (χ3v) is 6.38. The number of benzene rings is 1. The summed E-state index contributed by atoms with van der Waals surface area (Å²) < 4.78 is 5.21. The molecule has 1 aliphatic heterocycles. The number of nitrogens with zero attached hydrogens (tertiary/aromatic N) is 1. The van der Waals surface area contributed by atoms with Crippen molar-refractivity contribution in [2.45, 2.75) is 25.3 Å². The highest BCUT2D eigenvalue weighted by atomic mass is 32.1. The van der Waals surface area contributed by atoms with Crippen LogP contribution in [0, 0.1) is 16.0 Å². The number of fused-ring (bicyclic) bond motifs is 1. The second kappa shape index (κ2) is 7.28. The molecule has 0 saturated heterocycles. The Labute approximate surface area is 161 Å². The van der Waals surface area contributed by atoms with Crippen molar-refractivity contribution in [1.29, 1.82) is 0 Å². The van der Waals surface area contributed by atoms with Gasteiger partial charge in [0.15, 0.2) is 6.54 Å². The van der Waals surface area contributed by atoms with Crippen LogP contribution in [-0.2, 0) is 11.2 Å². The van der Waals surface area contributed by atoms with Crippen LogP contribution < -0.4 is 15.0 Å². The van der Waals surface area contributed by atoms with E-state index in [1.54, 1.807) is 0 Å². The minimum atomic E-state index is -0.481. The summed E-state index contributed by atoms with van der Waals surface area (Å²) in [6.07, 6.45) is 3.49. The number of quaternary nitrogens is 1. The Hall–Kier alpha value is -2.45. The molecule has 1 unspecified atom stereocenters. The van der Waals surface area contributed by atoms with E-state index >= 15 is 0 Å². The number of hydrogen-bond acceptors (Lipinski definition) is 5. The highest BCUT2D eigenvalue weighted by Gasteiger charge is 2.43. The minimum Gasteiger partial charge on any atom is -0.494 e. The first-order valence-corrected chi connectivity index (χ1v) is 9.98. The Kier molecular flexibility index (Phi) is 4.84. The summed E-state index contributed by atoms with van der Waals surface area (Å²) in [7, 11) is 1.44. The van der Waals surface area contributed by atoms with E-state index in [1.165, 1.54) is 53.5 Å². The molecule has 1 aromatic carbocycles. The monoisotopic (exact) mass is 388 g/mol. The van der Waals surface area contributed by atoms with Gasteiger partial charge in [-0.2, -0.15) is 0 Å². The van der Waals surface area contributed by atoms with Crippen molar-refractivity contribution in [3.05, 3.63) is 50.2 Å². The van der Waals surface area contributed by atoms with Crippen molar-refractivity contribution in [3.63, 3.8) is 0 Å². The average Bonchev–Trinajstić information content (AvgIpc) is 3.37. The molecule has 2 N–H and O–H groups in total. The lowest BCUT2D eigenvalue weighted by atomic mass is 9.96. The Morgan fingerprint density at radius 2 is 2.22 bits per heavy atom. The first-order chi connectivity index (χ1) is 13.1. The fourth-order valence-electron chi connectivity index (χ4n) is 3.99. The largest absolute Gasteiger partial charge is 0.494 e. The molecule has 0 bridgehead atoms. The summed E-state index contributed by atoms with van der Waals surface area (Å²) in [4.78, 5) is 25.9. The van der Waals surface area contributed by atoms with Crippen LogP contribution in [0.15, 0.2) is 29.6 Å². The summed E-state index contributed by atoms with van der Waals surface area (Å²) in [5, 5.41) is 15.9. The number of anilines is 1. The molecular formula is C19H22N3O4S+. The fraction of sp³-hybridized carbons (Fsp3) is 0.421. The highest BCUT2D eigenvalue weighted by Crippen LogP contribution is 2.42. The normalized spacial score (nSPS) is 21.4. The molecule has 27 heavy (non-hydrogen) atoms. The number of nitrogens with one attached hydrogen (secondary N) is 2. The second-order valence-electron chi connectivity index (χ2n) is 7.14. The lowest BCUT2D eigenvalue weighted by Gasteiger charge is -2.32. The van der Waals surface area contributed by atoms with Gasteiger partial charge in [0.05, 0.1) is 30.3 Å². The summed E-state index contributed by atoms with van der Waals surface area (Å²) in [5.74, 6) is 0.877. The van der Waals surface area contributed by atoms with E-state index in [9.17, 15) is 14.9 Å². The molecule has 8 heteroatoms. The summed E-state index contributed by atoms with van der Waals surface area (Å²) >= 11 is 1.82. The zero-order chi connectivity index (χ0) is 19.0. The lowest BCUT2D eigenvalue weighted by molar-refractivity contribution is -0.928. The number of methoxy groups -OCH3 is 1. The third-order valence-electron chi connectivity index (χ3n) is 5.38. The number of non-ortho nitro benzene ring substituents is 1. The van der Waals surface area contributed by atoms with Gasteiger partial charge < -0.3 is 15.0 Å². The van der Waals surface area contributed by atoms with Gasteiger partial charge in [-0.15, -0.1) is 11.3 Å². The molecule has 2 aliphatic rings. The van der Waals surface area contributed by atoms with Gasteiger partial charge >= 0.3 is 0 Å². The Bertz CT molecular complexity index is 878. The van der Waals surface area contributed by atoms with Gasteiger partial charge in [0, 0.05) is 28.8 Å². The minimum absolute atomic E-state index is 0.0645. The van der Waals surface area contributed by atoms with Crippen molar-refractivity contribution < 1.29 is 19.4 Å². The fourth-order valence-corrected chi connectivity index (χ4v) is 4.92. The van der Waals surface area contributed by atoms with Crippen LogP contribution in [0.25, 0.3) is 0 Å². The maximum atomic E-state index is 12.7. The van der Waals surface area contributed by atoms with Crippen LogP contribution in [-0.4, -0.2) is 31.0 Å². The predicted molar refractivity (Wildman–Crippen MR) is 102 cm³/mol. The van der Waals surface area contributed by atoms with Gasteiger partial charge in [0.2, 0.25) is 0 Å². The molecule has 4 rings (SSSR count). The topological polar surface area (TPSA) is 85.9 Å². The molecule has 2 aromatic rings. The summed E-state index contributed by atoms with van der Waals surface area (Å²) in [6, 6.07) is 6.85. The second-order valence-corrected chi connectivity index (χ2v) is 8.14. The van der Waals surface area contributed by atoms with Gasteiger partial charge in [-0.1, -0.05) is 0 Å². The molecule has 0 radical (unpaired) electrons. The first-order valence-electron chi connectivity index (χ1n) is 9.10. The van der Waals surface area contributed by atoms with E-state index in [0.29, 0.717) is 29.9 Å². The maximum absolute atomic E-state index is 12.7. The molecule has 142 valence electrons. The van der Waals surface area contributed by atoms with E-state index in [2.05, 4.69) is 16.8 Å². The Morgan fingerprint density at radius 1 is 1.41 bits per heavy atom. The van der Waals surface area contributed by atoms with Gasteiger partial charge in [0.25, 0.3) is 11.6 Å². The van der Waals surface area contributed by atoms with Gasteiger partial charge in [-0.3, -0.25) is 14.9 Å². The number of nitro groups is 1. The number of amides is 1. The zero-order valence-electron chi connectivity index (χ0n) is 15.1. The quantitative estimate of drug-likeness (QED) is 0.587. The number of carbonyl (C=O) groups is 1. The van der Waals surface area contributed by atoms with Crippen molar-refractivity contribution in [3.8, 4) is 5.75 Å². The number of rotatable bonds is 6. The van der Waals surface area contributed by atoms with Crippen LogP contribution in [0.3, 0.4) is 0 Å². The average molecular weight is 388 g/mol. The van der Waals surface area contributed by atoms with Crippen LogP contribution in [0.1, 0.15) is 29.3 Å². The zero-order valence-corrected chi connectivity index (χ0v) is 15.9. The van der Waals surface area contributed by atoms with Gasteiger partial charge in [-0.05, 0) is 30.4 Å². The Balaban J connectivity index is 1.47. The first kappa shape index (κ1) is 17.9. The van der Waals surface area contributed by atoms with Crippen molar-refractivity contribution in [2.24, 2.45) is 5.92 Å². The third kappa shape index (κ3) is 3.68. The van der Waals surface area contributed by atoms with E-state index < -0.39 is 4.92 Å². The highest BCUT2D eigenvalue weighted by molar-refractivity contribution is 7.10. The predicted octanol–water partition coefficient (Wildman–Crippen LogP) is 2.20. The molecule has 1 saturated carbocycles. The lowest BCUT2D eigenvalue weighted by Crippen LogP contribution is -3.14. The van der Waals surface area contributed by atoms with E-state index in [4.69, 9.17) is 4.74 Å². The van der Waals surface area contributed by atoms with Crippen LogP contribution >= 0.6 is 11.3 Å². The van der Waals surface area contributed by atoms with Crippen LogP contribution in [0.5, 0.6) is 5.75 Å². The Morgan fingerprint density at radius 3 is 2.93 bits per heavy atom. The van der Waals surface area contributed by atoms with Crippen molar-refractivity contribution >= 4 is 28.6 Å². The van der Waals surface area contributed by atoms with E-state index in [0.717, 1.165) is 13.0 Å². The molecule has 2 heterocycles. The molecule has 0 spiro atoms. The smallest absolute Gasteiger partial charge is 0.279 e. The molecule has 2 atom stereocenters. The summed E-state index contributed by atoms with van der Waals surface area (Å²) in [6.45, 7) is 1.34. The standard InChI is InChI=1S/C19H21N3O4S/c1-26-16-10-13(22(24)25)4-5-15(16)20-18(23)11-21-8-6-17-14(7-9-27-17)19(21)12-2-3-12/h4-5,7,9-10,12,19H,2-3,6,8,11H2,1H3,(H,20,23)/p+1/t19-/m0/s1. The molecule has 7 nitrogen and oxygen atoms in total. The molecule has 1 aromatic heterocycles. The SMILES string of the molecule is COc1cc([N+](=O)[O-])ccc1NC(=O)C[NH+]1CCc2sccc2[C@@H]1C1CC1. The van der Waals surface area contributed by atoms with E-state index in [1.807, 2.05) is 11.3 Å². The number of nitro benzene ring substituents is 1. The van der Waals surface area contributed by atoms with E-state index in [-0.39, 0.29) is 11.6 Å². The van der Waals surface area contributed by atoms with Crippen molar-refractivity contribution in [1.82, 2.24) is 0 Å². The van der Waals surface area contributed by atoms with Crippen LogP contribution in [0.4, 0.5) is 11.4 Å². The molecule has 1 amide bonds. The molecular weight excluding hydrogens is 366 g/mol. The molecule has 1 aliphatic carbocycles. The van der Waals surface area contributed by atoms with Gasteiger partial charge in [0.1, 0.15) is 11.8 Å². The van der Waals surface area contributed by atoms with Gasteiger partial charge in [-0.25, -0.2) is 0 Å². The number of carbonyl (C=O) groups excluding carboxylic acids is 1.